The van der Waals surface area contributed by atoms with E-state index < -0.39 is 18.2 Å². The van der Waals surface area contributed by atoms with Gasteiger partial charge in [-0.1, -0.05) is 24.3 Å². The van der Waals surface area contributed by atoms with Gasteiger partial charge in [0.15, 0.2) is 29.0 Å². The fourth-order valence-corrected chi connectivity index (χ4v) is 4.56. The van der Waals surface area contributed by atoms with Crippen LogP contribution in [0.15, 0.2) is 60.8 Å². The lowest BCUT2D eigenvalue weighted by atomic mass is 10.1. The molecule has 2 aromatic carbocycles. The highest BCUT2D eigenvalue weighted by Crippen LogP contribution is 2.39. The van der Waals surface area contributed by atoms with Gasteiger partial charge in [-0.2, -0.15) is 0 Å². The van der Waals surface area contributed by atoms with Gasteiger partial charge in [0.2, 0.25) is 0 Å². The Morgan fingerprint density at radius 2 is 1.86 bits per heavy atom. The lowest BCUT2D eigenvalue weighted by Crippen LogP contribution is -2.26. The Balaban J connectivity index is 1.46. The number of benzene rings is 2. The van der Waals surface area contributed by atoms with Crippen LogP contribution in [0.3, 0.4) is 0 Å². The van der Waals surface area contributed by atoms with Crippen molar-refractivity contribution in [3.63, 3.8) is 0 Å². The first-order chi connectivity index (χ1) is 17.0. The summed E-state index contributed by atoms with van der Waals surface area (Å²) in [5, 5.41) is 9.75. The molecule has 0 bridgehead atoms. The molecule has 2 aromatic heterocycles. The second kappa shape index (κ2) is 9.31. The molecule has 0 spiro atoms. The Hall–Kier alpha value is -4.04. The smallest absolute Gasteiger partial charge is 0.338 e. The summed E-state index contributed by atoms with van der Waals surface area (Å²) >= 11 is 0. The summed E-state index contributed by atoms with van der Waals surface area (Å²) in [5.74, 6) is 1.05. The van der Waals surface area contributed by atoms with E-state index in [0.717, 1.165) is 16.8 Å². The van der Waals surface area contributed by atoms with Gasteiger partial charge in [0.1, 0.15) is 6.10 Å². The molecular weight excluding hydrogens is 448 g/mol. The number of hydrogen-bond donors (Lipinski definition) is 1. The molecule has 35 heavy (non-hydrogen) atoms. The fourth-order valence-electron chi connectivity index (χ4n) is 4.56. The molecule has 2 heterocycles. The number of aliphatic hydroxyl groups excluding tert-OH is 1. The Labute approximate surface area is 202 Å². The number of esters is 1. The number of hydrogen-bond acceptors (Lipinski definition) is 7. The standard InChI is InChI=1S/C27H26N2O6/c1-16-20(15-30)29-12-6-9-22(26(29)28-16)34-25-19-8-5-4-7-17(19)13-24(25)35-27(31)18-10-11-21(32-2)23(14-18)33-3/h4-12,14,24-25,30H,13,15H2,1-3H3/t24-,25-/m1/s1. The summed E-state index contributed by atoms with van der Waals surface area (Å²) < 4.78 is 24.8. The molecule has 2 atom stereocenters. The van der Waals surface area contributed by atoms with Crippen molar-refractivity contribution in [2.24, 2.45) is 0 Å². The van der Waals surface area contributed by atoms with Crippen LogP contribution in [0.1, 0.15) is 39.0 Å². The van der Waals surface area contributed by atoms with Gasteiger partial charge >= 0.3 is 5.97 Å². The molecule has 8 nitrogen and oxygen atoms in total. The Kier molecular flexibility index (Phi) is 6.05. The summed E-state index contributed by atoms with van der Waals surface area (Å²) in [4.78, 5) is 17.7. The molecule has 1 N–H and O–H groups in total. The van der Waals surface area contributed by atoms with Crippen LogP contribution in [0.4, 0.5) is 0 Å². The lowest BCUT2D eigenvalue weighted by molar-refractivity contribution is -0.00288. The monoisotopic (exact) mass is 474 g/mol. The van der Waals surface area contributed by atoms with Crippen LogP contribution in [0.25, 0.3) is 5.65 Å². The van der Waals surface area contributed by atoms with Crippen molar-refractivity contribution in [1.82, 2.24) is 9.38 Å². The summed E-state index contributed by atoms with van der Waals surface area (Å²) in [6.07, 6.45) is 1.31. The second-order valence-corrected chi connectivity index (χ2v) is 8.32. The number of carbonyl (C=O) groups excluding carboxylic acids is 1. The van der Waals surface area contributed by atoms with Crippen molar-refractivity contribution in [2.75, 3.05) is 14.2 Å². The Bertz CT molecular complexity index is 1400. The molecule has 0 saturated heterocycles. The number of carbonyl (C=O) groups is 1. The maximum absolute atomic E-state index is 13.1. The number of imidazole rings is 1. The van der Waals surface area contributed by atoms with Gasteiger partial charge in [0, 0.05) is 12.6 Å². The van der Waals surface area contributed by atoms with Crippen molar-refractivity contribution in [1.29, 1.82) is 0 Å². The third-order valence-electron chi connectivity index (χ3n) is 6.32. The van der Waals surface area contributed by atoms with Gasteiger partial charge in [0.05, 0.1) is 37.8 Å². The first kappa shape index (κ1) is 22.7. The highest BCUT2D eigenvalue weighted by atomic mass is 16.6. The average molecular weight is 475 g/mol. The maximum atomic E-state index is 13.1. The van der Waals surface area contributed by atoms with E-state index in [1.165, 1.54) is 7.11 Å². The maximum Gasteiger partial charge on any atom is 0.338 e. The van der Waals surface area contributed by atoms with Gasteiger partial charge in [-0.3, -0.25) is 4.40 Å². The molecule has 4 aromatic rings. The molecule has 0 saturated carbocycles. The number of fused-ring (bicyclic) bond motifs is 2. The van der Waals surface area contributed by atoms with Crippen LogP contribution < -0.4 is 14.2 Å². The lowest BCUT2D eigenvalue weighted by Gasteiger charge is -2.23. The fraction of sp³-hybridized carbons (Fsp3) is 0.259. The molecule has 8 heteroatoms. The number of aliphatic hydroxyl groups is 1. The van der Waals surface area contributed by atoms with Crippen LogP contribution in [0.2, 0.25) is 0 Å². The largest absolute Gasteiger partial charge is 0.493 e. The SMILES string of the molecule is COc1ccc(C(=O)O[C@@H]2Cc3ccccc3[C@H]2Oc2cccn3c(CO)c(C)nc23)cc1OC. The summed E-state index contributed by atoms with van der Waals surface area (Å²) in [6.45, 7) is 1.72. The molecule has 0 radical (unpaired) electrons. The minimum absolute atomic E-state index is 0.131. The van der Waals surface area contributed by atoms with E-state index >= 15 is 0 Å². The zero-order chi connectivity index (χ0) is 24.5. The third kappa shape index (κ3) is 4.06. The van der Waals surface area contributed by atoms with E-state index in [2.05, 4.69) is 4.98 Å². The number of methoxy groups -OCH3 is 2. The number of nitrogens with zero attached hydrogens (tertiary/aromatic N) is 2. The van der Waals surface area contributed by atoms with Gasteiger partial charge < -0.3 is 24.1 Å². The van der Waals surface area contributed by atoms with Gasteiger partial charge in [-0.05, 0) is 48.4 Å². The second-order valence-electron chi connectivity index (χ2n) is 8.32. The predicted octanol–water partition coefficient (Wildman–Crippen LogP) is 4.05. The van der Waals surface area contributed by atoms with E-state index in [0.29, 0.717) is 40.6 Å². The number of aromatic nitrogens is 2. The zero-order valence-corrected chi connectivity index (χ0v) is 19.7. The molecule has 1 aliphatic rings. The normalized spacial score (nSPS) is 16.7. The Morgan fingerprint density at radius 3 is 2.63 bits per heavy atom. The third-order valence-corrected chi connectivity index (χ3v) is 6.32. The quantitative estimate of drug-likeness (QED) is 0.404. The minimum atomic E-state index is -0.540. The van der Waals surface area contributed by atoms with Crippen LogP contribution in [0.5, 0.6) is 17.2 Å². The first-order valence-corrected chi connectivity index (χ1v) is 11.3. The minimum Gasteiger partial charge on any atom is -0.493 e. The highest BCUT2D eigenvalue weighted by Gasteiger charge is 2.38. The predicted molar refractivity (Wildman–Crippen MR) is 128 cm³/mol. The summed E-state index contributed by atoms with van der Waals surface area (Å²) in [5.41, 5.74) is 4.41. The number of aryl methyl sites for hydroxylation is 1. The Morgan fingerprint density at radius 1 is 1.06 bits per heavy atom. The van der Waals surface area contributed by atoms with Crippen LogP contribution in [-0.2, 0) is 17.8 Å². The van der Waals surface area contributed by atoms with Crippen LogP contribution in [-0.4, -0.2) is 40.8 Å². The van der Waals surface area contributed by atoms with Crippen molar-refractivity contribution in [3.05, 3.63) is 88.9 Å². The van der Waals surface area contributed by atoms with Crippen molar-refractivity contribution >= 4 is 11.6 Å². The van der Waals surface area contributed by atoms with Gasteiger partial charge in [-0.25, -0.2) is 9.78 Å². The number of pyridine rings is 1. The van der Waals surface area contributed by atoms with Crippen molar-refractivity contribution in [3.8, 4) is 17.2 Å². The number of rotatable bonds is 7. The number of ether oxygens (including phenoxy) is 4. The molecule has 0 unspecified atom stereocenters. The van der Waals surface area contributed by atoms with Crippen molar-refractivity contribution in [2.45, 2.75) is 32.2 Å². The van der Waals surface area contributed by atoms with Crippen LogP contribution >= 0.6 is 0 Å². The molecular formula is C27H26N2O6. The van der Waals surface area contributed by atoms with E-state index in [1.807, 2.05) is 53.9 Å². The average Bonchev–Trinajstić information content (AvgIpc) is 3.40. The molecule has 180 valence electrons. The molecule has 0 fully saturated rings. The first-order valence-electron chi connectivity index (χ1n) is 11.3. The van der Waals surface area contributed by atoms with E-state index in [1.54, 1.807) is 25.3 Å². The molecule has 0 amide bonds. The van der Waals surface area contributed by atoms with Gasteiger partial charge in [0.25, 0.3) is 0 Å². The van der Waals surface area contributed by atoms with Crippen molar-refractivity contribution < 1.29 is 28.8 Å². The van der Waals surface area contributed by atoms with E-state index in [-0.39, 0.29) is 6.61 Å². The molecule has 5 rings (SSSR count). The topological polar surface area (TPSA) is 91.5 Å². The molecule has 0 aliphatic heterocycles. The zero-order valence-electron chi connectivity index (χ0n) is 19.7. The summed E-state index contributed by atoms with van der Waals surface area (Å²) in [6, 6.07) is 16.5. The summed E-state index contributed by atoms with van der Waals surface area (Å²) in [7, 11) is 3.06. The van der Waals surface area contributed by atoms with Crippen LogP contribution in [0, 0.1) is 6.92 Å². The molecule has 1 aliphatic carbocycles. The highest BCUT2D eigenvalue weighted by molar-refractivity contribution is 5.90. The van der Waals surface area contributed by atoms with E-state index in [9.17, 15) is 9.90 Å². The van der Waals surface area contributed by atoms with Gasteiger partial charge in [-0.15, -0.1) is 0 Å². The van der Waals surface area contributed by atoms with E-state index in [4.69, 9.17) is 18.9 Å².